The first-order valence-electron chi connectivity index (χ1n) is 5.27. The van der Waals surface area contributed by atoms with Crippen LogP contribution in [-0.2, 0) is 16.0 Å². The van der Waals surface area contributed by atoms with Crippen molar-refractivity contribution in [3.8, 4) is 0 Å². The van der Waals surface area contributed by atoms with E-state index in [0.29, 0.717) is 6.61 Å². The first kappa shape index (κ1) is 14.9. The fourth-order valence-corrected chi connectivity index (χ4v) is 1.36. The van der Waals surface area contributed by atoms with Gasteiger partial charge >= 0.3 is 5.97 Å². The van der Waals surface area contributed by atoms with Crippen LogP contribution in [0.1, 0.15) is 18.9 Å². The zero-order valence-corrected chi connectivity index (χ0v) is 10.2. The highest BCUT2D eigenvalue weighted by atomic mass is 35.5. The highest BCUT2D eigenvalue weighted by molar-refractivity contribution is 5.73. The molecule has 1 rings (SSSR count). The molecule has 1 atom stereocenters. The summed E-state index contributed by atoms with van der Waals surface area (Å²) in [6.07, 6.45) is 1.61. The zero-order chi connectivity index (χ0) is 11.1. The van der Waals surface area contributed by atoms with Gasteiger partial charge in [0.25, 0.3) is 0 Å². The Balaban J connectivity index is 0.00000225. The maximum atomic E-state index is 11.3. The number of quaternary nitrogens is 1. The van der Waals surface area contributed by atoms with Crippen LogP contribution in [0.4, 0.5) is 0 Å². The van der Waals surface area contributed by atoms with Crippen LogP contribution in [0.5, 0.6) is 0 Å². The van der Waals surface area contributed by atoms with E-state index in [1.807, 2.05) is 25.1 Å². The molecule has 0 aliphatic heterocycles. The van der Waals surface area contributed by atoms with Crippen molar-refractivity contribution in [3.05, 3.63) is 35.9 Å². The maximum Gasteiger partial charge on any atom is 0.364 e. The van der Waals surface area contributed by atoms with E-state index in [2.05, 4.69) is 17.9 Å². The molecule has 0 aliphatic rings. The van der Waals surface area contributed by atoms with E-state index >= 15 is 0 Å². The molecule has 1 aromatic carbocycles. The average Bonchev–Trinajstić information content (AvgIpc) is 2.27. The third-order valence-corrected chi connectivity index (χ3v) is 2.24. The van der Waals surface area contributed by atoms with Crippen LogP contribution in [-0.4, -0.2) is 18.6 Å². The highest BCUT2D eigenvalue weighted by Crippen LogP contribution is 2.03. The minimum Gasteiger partial charge on any atom is -1.00 e. The van der Waals surface area contributed by atoms with Crippen molar-refractivity contribution in [3.63, 3.8) is 0 Å². The van der Waals surface area contributed by atoms with Gasteiger partial charge in [-0.3, -0.25) is 0 Å². The molecule has 0 amide bonds. The first-order valence-corrected chi connectivity index (χ1v) is 5.27. The summed E-state index contributed by atoms with van der Waals surface area (Å²) in [7, 11) is 0. The topological polar surface area (TPSA) is 53.9 Å². The molecule has 3 nitrogen and oxygen atoms in total. The van der Waals surface area contributed by atoms with Crippen LogP contribution >= 0.6 is 0 Å². The van der Waals surface area contributed by atoms with Gasteiger partial charge in [-0.25, -0.2) is 4.79 Å². The number of hydrogen-bond donors (Lipinski definition) is 1. The van der Waals surface area contributed by atoms with Crippen molar-refractivity contribution in [1.82, 2.24) is 0 Å². The number of carbonyl (C=O) groups excluding carboxylic acids is 1. The summed E-state index contributed by atoms with van der Waals surface area (Å²) in [6, 6.07) is 9.83. The quantitative estimate of drug-likeness (QED) is 0.597. The lowest BCUT2D eigenvalue weighted by Gasteiger charge is -2.07. The van der Waals surface area contributed by atoms with Crippen LogP contribution in [0.2, 0.25) is 0 Å². The van der Waals surface area contributed by atoms with Crippen molar-refractivity contribution in [1.29, 1.82) is 0 Å². The molecule has 0 saturated heterocycles. The van der Waals surface area contributed by atoms with E-state index in [0.717, 1.165) is 12.8 Å². The minimum absolute atomic E-state index is 0. The van der Waals surface area contributed by atoms with Gasteiger partial charge < -0.3 is 22.9 Å². The first-order chi connectivity index (χ1) is 7.24. The summed E-state index contributed by atoms with van der Waals surface area (Å²) in [6.45, 7) is 2.23. The largest absolute Gasteiger partial charge is 1.00 e. The number of benzene rings is 1. The standard InChI is InChI=1S/C12H17NO2.ClH/c1-2-15-12(14)11(13)9-8-10-6-4-3-5-7-10;/h3-7,11H,2,8-9,13H2,1H3;1H/t11-;/m1./s1. The summed E-state index contributed by atoms with van der Waals surface area (Å²) in [5.74, 6) is -0.201. The molecule has 0 spiro atoms. The molecule has 3 N–H and O–H groups in total. The Morgan fingerprint density at radius 3 is 2.56 bits per heavy atom. The third-order valence-electron chi connectivity index (χ3n) is 2.24. The van der Waals surface area contributed by atoms with Gasteiger partial charge in [0.1, 0.15) is 0 Å². The van der Waals surface area contributed by atoms with Crippen molar-refractivity contribution in [2.75, 3.05) is 6.61 Å². The number of esters is 1. The van der Waals surface area contributed by atoms with Gasteiger partial charge in [0.2, 0.25) is 0 Å². The van der Waals surface area contributed by atoms with Crippen LogP contribution in [0.3, 0.4) is 0 Å². The zero-order valence-electron chi connectivity index (χ0n) is 9.49. The van der Waals surface area contributed by atoms with Crippen LogP contribution in [0.15, 0.2) is 30.3 Å². The lowest BCUT2D eigenvalue weighted by atomic mass is 10.1. The van der Waals surface area contributed by atoms with Crippen molar-refractivity contribution in [2.45, 2.75) is 25.8 Å². The average molecular weight is 244 g/mol. The van der Waals surface area contributed by atoms with Crippen molar-refractivity contribution in [2.24, 2.45) is 0 Å². The van der Waals surface area contributed by atoms with Gasteiger partial charge in [-0.1, -0.05) is 30.3 Å². The fraction of sp³-hybridized carbons (Fsp3) is 0.417. The monoisotopic (exact) mass is 243 g/mol. The summed E-state index contributed by atoms with van der Waals surface area (Å²) in [4.78, 5) is 11.3. The smallest absolute Gasteiger partial charge is 0.364 e. The minimum atomic E-state index is -0.259. The number of hydrogen-bond acceptors (Lipinski definition) is 2. The summed E-state index contributed by atoms with van der Waals surface area (Å²) < 4.78 is 4.89. The molecule has 90 valence electrons. The van der Waals surface area contributed by atoms with E-state index in [1.165, 1.54) is 5.56 Å². The SMILES string of the molecule is CCOC(=O)[C@H]([NH3+])CCc1ccccc1.[Cl-]. The van der Waals surface area contributed by atoms with Crippen LogP contribution in [0, 0.1) is 0 Å². The van der Waals surface area contributed by atoms with E-state index in [4.69, 9.17) is 4.74 Å². The molecule has 16 heavy (non-hydrogen) atoms. The summed E-state index contributed by atoms with van der Waals surface area (Å²) in [5, 5.41) is 0. The Bertz CT molecular complexity index is 303. The molecule has 0 radical (unpaired) electrons. The predicted molar refractivity (Wildman–Crippen MR) is 58.1 cm³/mol. The van der Waals surface area contributed by atoms with E-state index in [-0.39, 0.29) is 24.4 Å². The molecule has 0 bridgehead atoms. The van der Waals surface area contributed by atoms with Crippen molar-refractivity contribution < 1.29 is 27.7 Å². The van der Waals surface area contributed by atoms with Gasteiger partial charge in [-0.05, 0) is 18.9 Å². The van der Waals surface area contributed by atoms with Gasteiger partial charge in [-0.2, -0.15) is 0 Å². The second-order valence-corrected chi connectivity index (χ2v) is 3.47. The second kappa shape index (κ2) is 8.13. The second-order valence-electron chi connectivity index (χ2n) is 3.47. The Labute approximate surface area is 102 Å². The Morgan fingerprint density at radius 1 is 1.38 bits per heavy atom. The van der Waals surface area contributed by atoms with E-state index in [9.17, 15) is 4.79 Å². The van der Waals surface area contributed by atoms with Gasteiger partial charge in [0, 0.05) is 6.42 Å². The number of carbonyl (C=O) groups is 1. The molecule has 0 fully saturated rings. The Kier molecular flexibility index (Phi) is 7.60. The lowest BCUT2D eigenvalue weighted by molar-refractivity contribution is -0.409. The van der Waals surface area contributed by atoms with Gasteiger partial charge in [-0.15, -0.1) is 0 Å². The number of aryl methyl sites for hydroxylation is 1. The van der Waals surface area contributed by atoms with Crippen LogP contribution in [0.25, 0.3) is 0 Å². The Morgan fingerprint density at radius 2 is 2.00 bits per heavy atom. The highest BCUT2D eigenvalue weighted by Gasteiger charge is 2.17. The number of halogens is 1. The molecule has 4 heteroatoms. The molecule has 0 aliphatic carbocycles. The lowest BCUT2D eigenvalue weighted by Crippen LogP contribution is -3.00. The molecular formula is C12H18ClNO2. The van der Waals surface area contributed by atoms with E-state index < -0.39 is 0 Å². The molecule has 1 aromatic rings. The normalized spacial score (nSPS) is 11.4. The molecule has 0 heterocycles. The Hall–Kier alpha value is -1.06. The fourth-order valence-electron chi connectivity index (χ4n) is 1.36. The van der Waals surface area contributed by atoms with E-state index in [1.54, 1.807) is 0 Å². The number of rotatable bonds is 5. The van der Waals surface area contributed by atoms with Gasteiger partial charge in [0.05, 0.1) is 6.61 Å². The number of ether oxygens (including phenoxy) is 1. The molecule has 0 saturated carbocycles. The summed E-state index contributed by atoms with van der Waals surface area (Å²) >= 11 is 0. The van der Waals surface area contributed by atoms with Crippen molar-refractivity contribution >= 4 is 5.97 Å². The molecule has 0 aromatic heterocycles. The molecule has 0 unspecified atom stereocenters. The van der Waals surface area contributed by atoms with Crippen LogP contribution < -0.4 is 18.1 Å². The van der Waals surface area contributed by atoms with Gasteiger partial charge in [0.15, 0.2) is 6.04 Å². The summed E-state index contributed by atoms with van der Waals surface area (Å²) in [5.41, 5.74) is 5.03. The maximum absolute atomic E-state index is 11.3. The predicted octanol–water partition coefficient (Wildman–Crippen LogP) is -2.20. The molecular weight excluding hydrogens is 226 g/mol. The third kappa shape index (κ3) is 5.14.